The molecule has 0 N–H and O–H groups in total. The fraction of sp³-hybridized carbons (Fsp3) is 0.720. The number of hydrogen-bond acceptors (Lipinski definition) is 9. The van der Waals surface area contributed by atoms with E-state index in [1.165, 1.54) is 6.20 Å². The lowest BCUT2D eigenvalue weighted by Gasteiger charge is -2.44. The first-order valence-corrected chi connectivity index (χ1v) is 14.6. The van der Waals surface area contributed by atoms with Crippen LogP contribution >= 0.6 is 0 Å². The molecule has 2 aromatic heterocycles. The number of hydrogen-bond donors (Lipinski definition) is 0. The Morgan fingerprint density at radius 2 is 1.69 bits per heavy atom. The van der Waals surface area contributed by atoms with E-state index in [0.29, 0.717) is 43.1 Å². The Morgan fingerprint density at radius 3 is 2.28 bits per heavy atom. The number of nitrogens with zero attached hydrogens (tertiary/aromatic N) is 7. The molecule has 5 heterocycles. The SMILES string of the molecule is Cc1nnc(C2CCN(S(=O)(=O)c3ccc(N4CCC(C)(CN5CCN(C)CC5)CC4)nc3)CC2)o1. The summed E-state index contributed by atoms with van der Waals surface area (Å²) < 4.78 is 33.6. The predicted octanol–water partition coefficient (Wildman–Crippen LogP) is 2.20. The smallest absolute Gasteiger partial charge is 0.244 e. The molecule has 0 spiro atoms. The molecule has 2 aromatic rings. The van der Waals surface area contributed by atoms with Crippen LogP contribution in [0.5, 0.6) is 0 Å². The lowest BCUT2D eigenvalue weighted by molar-refractivity contribution is 0.0893. The van der Waals surface area contributed by atoms with Crippen molar-refractivity contribution < 1.29 is 12.8 Å². The predicted molar refractivity (Wildman–Crippen MR) is 137 cm³/mol. The number of likely N-dealkylation sites (N-methyl/N-ethyl adjacent to an activating group) is 1. The number of aromatic nitrogens is 3. The largest absolute Gasteiger partial charge is 0.425 e. The molecule has 198 valence electrons. The lowest BCUT2D eigenvalue weighted by Crippen LogP contribution is -2.50. The molecule has 5 rings (SSSR count). The van der Waals surface area contributed by atoms with E-state index in [-0.39, 0.29) is 10.8 Å². The normalized spacial score (nSPS) is 23.2. The highest BCUT2D eigenvalue weighted by Gasteiger charge is 2.34. The zero-order valence-corrected chi connectivity index (χ0v) is 22.6. The number of pyridine rings is 1. The van der Waals surface area contributed by atoms with Gasteiger partial charge in [-0.2, -0.15) is 4.31 Å². The summed E-state index contributed by atoms with van der Waals surface area (Å²) in [5, 5.41) is 8.00. The highest BCUT2D eigenvalue weighted by molar-refractivity contribution is 7.89. The number of anilines is 1. The first kappa shape index (κ1) is 25.6. The van der Waals surface area contributed by atoms with Gasteiger partial charge in [0.05, 0.1) is 0 Å². The number of rotatable bonds is 6. The molecule has 0 aliphatic carbocycles. The Morgan fingerprint density at radius 1 is 1.00 bits per heavy atom. The molecule has 3 fully saturated rings. The molecule has 0 aromatic carbocycles. The third-order valence-electron chi connectivity index (χ3n) is 8.20. The number of sulfonamides is 1. The van der Waals surface area contributed by atoms with E-state index in [1.54, 1.807) is 17.3 Å². The third kappa shape index (κ3) is 5.58. The van der Waals surface area contributed by atoms with Gasteiger partial charge in [0.15, 0.2) is 0 Å². The van der Waals surface area contributed by atoms with Crippen LogP contribution in [0.15, 0.2) is 27.6 Å². The Labute approximate surface area is 214 Å². The standard InChI is InChI=1S/C25H39N7O3S/c1-20-27-28-24(35-20)21-6-10-32(11-7-21)36(33,34)22-4-5-23(26-18-22)31-12-8-25(2,9-13-31)19-30-16-14-29(3)15-17-30/h4-5,18,21H,6-17,19H2,1-3H3. The van der Waals surface area contributed by atoms with Crippen LogP contribution in [0.25, 0.3) is 0 Å². The second-order valence-electron chi connectivity index (χ2n) is 11.1. The van der Waals surface area contributed by atoms with Gasteiger partial charge in [0.2, 0.25) is 21.8 Å². The Hall–Kier alpha value is -2.08. The molecule has 0 saturated carbocycles. The maximum atomic E-state index is 13.2. The van der Waals surface area contributed by atoms with Gasteiger partial charge in [0.25, 0.3) is 0 Å². The summed E-state index contributed by atoms with van der Waals surface area (Å²) >= 11 is 0. The van der Waals surface area contributed by atoms with E-state index in [9.17, 15) is 8.42 Å². The van der Waals surface area contributed by atoms with Crippen molar-refractivity contribution in [3.63, 3.8) is 0 Å². The molecular formula is C25H39N7O3S. The molecule has 3 aliphatic rings. The minimum atomic E-state index is -3.57. The van der Waals surface area contributed by atoms with Crippen molar-refractivity contribution >= 4 is 15.8 Å². The van der Waals surface area contributed by atoms with Crippen molar-refractivity contribution in [3.8, 4) is 0 Å². The fourth-order valence-electron chi connectivity index (χ4n) is 5.66. The van der Waals surface area contributed by atoms with E-state index in [0.717, 1.165) is 64.5 Å². The van der Waals surface area contributed by atoms with Crippen LogP contribution in [0.3, 0.4) is 0 Å². The lowest BCUT2D eigenvalue weighted by atomic mass is 9.79. The summed E-state index contributed by atoms with van der Waals surface area (Å²) in [6, 6.07) is 3.58. The highest BCUT2D eigenvalue weighted by atomic mass is 32.2. The van der Waals surface area contributed by atoms with E-state index in [4.69, 9.17) is 4.42 Å². The summed E-state index contributed by atoms with van der Waals surface area (Å²) in [7, 11) is -1.38. The van der Waals surface area contributed by atoms with Crippen LogP contribution < -0.4 is 4.90 Å². The number of aryl methyl sites for hydroxylation is 1. The number of piperidine rings is 2. The monoisotopic (exact) mass is 517 g/mol. The van der Waals surface area contributed by atoms with Crippen LogP contribution in [0.4, 0.5) is 5.82 Å². The van der Waals surface area contributed by atoms with Crippen molar-refractivity contribution in [1.82, 2.24) is 29.3 Å². The van der Waals surface area contributed by atoms with Gasteiger partial charge in [-0.1, -0.05) is 6.92 Å². The van der Waals surface area contributed by atoms with E-state index in [2.05, 4.69) is 43.9 Å². The summed E-state index contributed by atoms with van der Waals surface area (Å²) in [6.45, 7) is 12.7. The summed E-state index contributed by atoms with van der Waals surface area (Å²) in [6.07, 6.45) is 5.11. The second kappa shape index (κ2) is 10.4. The van der Waals surface area contributed by atoms with Crippen LogP contribution in [-0.2, 0) is 10.0 Å². The average Bonchev–Trinajstić information content (AvgIpc) is 3.32. The van der Waals surface area contributed by atoms with Crippen molar-refractivity contribution in [2.45, 2.75) is 50.3 Å². The van der Waals surface area contributed by atoms with Crippen molar-refractivity contribution in [2.75, 3.05) is 70.9 Å². The molecule has 10 nitrogen and oxygen atoms in total. The first-order valence-electron chi connectivity index (χ1n) is 13.1. The molecule has 3 saturated heterocycles. The maximum absolute atomic E-state index is 13.2. The quantitative estimate of drug-likeness (QED) is 0.571. The van der Waals surface area contributed by atoms with E-state index >= 15 is 0 Å². The second-order valence-corrected chi connectivity index (χ2v) is 13.0. The number of piperazine rings is 1. The maximum Gasteiger partial charge on any atom is 0.244 e. The highest BCUT2D eigenvalue weighted by Crippen LogP contribution is 2.34. The summed E-state index contributed by atoms with van der Waals surface area (Å²) in [5.41, 5.74) is 0.321. The Kier molecular flexibility index (Phi) is 7.35. The van der Waals surface area contributed by atoms with Crippen molar-refractivity contribution in [3.05, 3.63) is 30.1 Å². The van der Waals surface area contributed by atoms with Gasteiger partial charge in [-0.3, -0.25) is 0 Å². The van der Waals surface area contributed by atoms with E-state index < -0.39 is 10.0 Å². The Bertz CT molecular complexity index is 1110. The van der Waals surface area contributed by atoms with Crippen LogP contribution in [0.2, 0.25) is 0 Å². The van der Waals surface area contributed by atoms with Crippen LogP contribution in [0, 0.1) is 12.3 Å². The zero-order valence-electron chi connectivity index (χ0n) is 21.8. The molecule has 11 heteroatoms. The molecular weight excluding hydrogens is 478 g/mol. The van der Waals surface area contributed by atoms with Gasteiger partial charge in [-0.05, 0) is 50.3 Å². The van der Waals surface area contributed by atoms with Crippen LogP contribution in [0.1, 0.15) is 50.3 Å². The fourth-order valence-corrected chi connectivity index (χ4v) is 7.08. The molecule has 0 bridgehead atoms. The van der Waals surface area contributed by atoms with E-state index in [1.807, 2.05) is 6.07 Å². The van der Waals surface area contributed by atoms with Gasteiger partial charge < -0.3 is 19.1 Å². The van der Waals surface area contributed by atoms with Gasteiger partial charge >= 0.3 is 0 Å². The molecule has 0 radical (unpaired) electrons. The average molecular weight is 518 g/mol. The van der Waals surface area contributed by atoms with Crippen molar-refractivity contribution in [2.24, 2.45) is 5.41 Å². The van der Waals surface area contributed by atoms with Crippen molar-refractivity contribution in [1.29, 1.82) is 0 Å². The molecule has 0 amide bonds. The molecule has 0 atom stereocenters. The van der Waals surface area contributed by atoms with Gasteiger partial charge in [0.1, 0.15) is 10.7 Å². The summed E-state index contributed by atoms with van der Waals surface area (Å²) in [4.78, 5) is 12.1. The molecule has 36 heavy (non-hydrogen) atoms. The zero-order chi connectivity index (χ0) is 25.3. The minimum absolute atomic E-state index is 0.110. The van der Waals surface area contributed by atoms with Gasteiger partial charge in [-0.15, -0.1) is 10.2 Å². The topological polar surface area (TPSA) is 98.9 Å². The molecule has 0 unspecified atom stereocenters. The Balaban J connectivity index is 1.15. The minimum Gasteiger partial charge on any atom is -0.425 e. The first-order chi connectivity index (χ1) is 17.2. The molecule has 3 aliphatic heterocycles. The summed E-state index contributed by atoms with van der Waals surface area (Å²) in [5.74, 6) is 2.12. The van der Waals surface area contributed by atoms with Crippen LogP contribution in [-0.4, -0.2) is 104 Å². The third-order valence-corrected chi connectivity index (χ3v) is 10.1. The van der Waals surface area contributed by atoms with Gasteiger partial charge in [0, 0.05) is 77.9 Å². The van der Waals surface area contributed by atoms with Gasteiger partial charge in [-0.25, -0.2) is 13.4 Å².